The van der Waals surface area contributed by atoms with Gasteiger partial charge in [-0.25, -0.2) is 0 Å². The minimum Gasteiger partial charge on any atom is -0.352 e. The highest BCUT2D eigenvalue weighted by atomic mass is 16.2. The van der Waals surface area contributed by atoms with Crippen LogP contribution < -0.4 is 10.6 Å². The summed E-state index contributed by atoms with van der Waals surface area (Å²) in [4.78, 5) is 25.5. The first-order valence-corrected chi connectivity index (χ1v) is 7.95. The lowest BCUT2D eigenvalue weighted by atomic mass is 10.1. The largest absolute Gasteiger partial charge is 0.352 e. The second kappa shape index (κ2) is 9.75. The van der Waals surface area contributed by atoms with E-state index >= 15 is 0 Å². The van der Waals surface area contributed by atoms with Crippen LogP contribution in [0.5, 0.6) is 0 Å². The molecule has 0 spiro atoms. The Morgan fingerprint density at radius 2 is 1.75 bits per heavy atom. The van der Waals surface area contributed by atoms with Crippen molar-refractivity contribution in [3.8, 4) is 0 Å². The molecule has 1 fully saturated rings. The number of nitrogens with one attached hydrogen (secondary N) is 2. The van der Waals surface area contributed by atoms with Gasteiger partial charge < -0.3 is 15.5 Å². The maximum absolute atomic E-state index is 11.9. The highest BCUT2D eigenvalue weighted by Crippen LogP contribution is 2.09. The summed E-state index contributed by atoms with van der Waals surface area (Å²) in [5.41, 5.74) is 0. The molecular formula is C15H29N3O2. The molecule has 0 radical (unpaired) electrons. The smallest absolute Gasteiger partial charge is 0.234 e. The average molecular weight is 283 g/mol. The Kier molecular flexibility index (Phi) is 8.26. The number of likely N-dealkylation sites (tertiary alicyclic amines) is 1. The standard InChI is InChI=1S/C15H29N3O2/c1-3-13(4-2)17-14(19)12-16-9-8-15(20)18-10-6-5-7-11-18/h13,16H,3-12H2,1-2H3,(H,17,19). The maximum atomic E-state index is 11.9. The number of nitrogens with zero attached hydrogens (tertiary/aromatic N) is 1. The zero-order chi connectivity index (χ0) is 14.8. The summed E-state index contributed by atoms with van der Waals surface area (Å²) in [5, 5.41) is 6.02. The molecule has 1 aliphatic rings. The van der Waals surface area contributed by atoms with Gasteiger partial charge in [0, 0.05) is 32.1 Å². The van der Waals surface area contributed by atoms with Crippen LogP contribution in [-0.4, -0.2) is 48.9 Å². The van der Waals surface area contributed by atoms with Crippen LogP contribution in [0.15, 0.2) is 0 Å². The van der Waals surface area contributed by atoms with Crippen LogP contribution in [0.25, 0.3) is 0 Å². The van der Waals surface area contributed by atoms with Crippen molar-refractivity contribution in [2.45, 2.75) is 58.4 Å². The zero-order valence-electron chi connectivity index (χ0n) is 12.9. The first kappa shape index (κ1) is 17.0. The van der Waals surface area contributed by atoms with Crippen LogP contribution in [0, 0.1) is 0 Å². The van der Waals surface area contributed by atoms with Crippen molar-refractivity contribution in [1.82, 2.24) is 15.5 Å². The Bertz CT molecular complexity index is 297. The molecule has 0 aromatic heterocycles. The van der Waals surface area contributed by atoms with Crippen molar-refractivity contribution in [1.29, 1.82) is 0 Å². The second-order valence-corrected chi connectivity index (χ2v) is 5.45. The van der Waals surface area contributed by atoms with E-state index in [1.54, 1.807) is 0 Å². The minimum atomic E-state index is 0.0177. The van der Waals surface area contributed by atoms with E-state index in [1.165, 1.54) is 6.42 Å². The fourth-order valence-corrected chi connectivity index (χ4v) is 2.47. The molecule has 0 unspecified atom stereocenters. The summed E-state index contributed by atoms with van der Waals surface area (Å²) in [6.07, 6.45) is 5.87. The van der Waals surface area contributed by atoms with Crippen LogP contribution in [0.1, 0.15) is 52.4 Å². The van der Waals surface area contributed by atoms with E-state index in [0.717, 1.165) is 38.8 Å². The third kappa shape index (κ3) is 6.37. The molecule has 0 aromatic rings. The highest BCUT2D eigenvalue weighted by molar-refractivity contribution is 5.79. The topological polar surface area (TPSA) is 61.4 Å². The van der Waals surface area contributed by atoms with Gasteiger partial charge in [-0.2, -0.15) is 0 Å². The molecule has 0 atom stereocenters. The summed E-state index contributed by atoms with van der Waals surface area (Å²) in [7, 11) is 0. The molecule has 1 heterocycles. The quantitative estimate of drug-likeness (QED) is 0.660. The Balaban J connectivity index is 2.08. The predicted octanol–water partition coefficient (Wildman–Crippen LogP) is 1.28. The summed E-state index contributed by atoms with van der Waals surface area (Å²) < 4.78 is 0. The fourth-order valence-electron chi connectivity index (χ4n) is 2.47. The summed E-state index contributed by atoms with van der Waals surface area (Å²) in [6.45, 7) is 6.80. The molecule has 0 aliphatic carbocycles. The number of carbonyl (C=O) groups is 2. The molecule has 1 aliphatic heterocycles. The number of hydrogen-bond acceptors (Lipinski definition) is 3. The Hall–Kier alpha value is -1.10. The van der Waals surface area contributed by atoms with Crippen molar-refractivity contribution in [3.63, 3.8) is 0 Å². The van der Waals surface area contributed by atoms with Gasteiger partial charge in [-0.1, -0.05) is 13.8 Å². The van der Waals surface area contributed by atoms with E-state index in [0.29, 0.717) is 19.5 Å². The number of rotatable bonds is 8. The monoisotopic (exact) mass is 283 g/mol. The molecule has 2 amide bonds. The van der Waals surface area contributed by atoms with Gasteiger partial charge in [0.2, 0.25) is 11.8 Å². The fraction of sp³-hybridized carbons (Fsp3) is 0.867. The van der Waals surface area contributed by atoms with Crippen LogP contribution in [0.2, 0.25) is 0 Å². The van der Waals surface area contributed by atoms with Crippen LogP contribution in [-0.2, 0) is 9.59 Å². The lowest BCUT2D eigenvalue weighted by Crippen LogP contribution is -2.41. The molecule has 5 heteroatoms. The number of amides is 2. The van der Waals surface area contributed by atoms with Crippen molar-refractivity contribution in [2.75, 3.05) is 26.2 Å². The first-order valence-electron chi connectivity index (χ1n) is 7.95. The van der Waals surface area contributed by atoms with Gasteiger partial charge in [0.15, 0.2) is 0 Å². The van der Waals surface area contributed by atoms with Gasteiger partial charge >= 0.3 is 0 Å². The van der Waals surface area contributed by atoms with Gasteiger partial charge in [0.05, 0.1) is 6.54 Å². The van der Waals surface area contributed by atoms with Gasteiger partial charge in [0.1, 0.15) is 0 Å². The van der Waals surface area contributed by atoms with Crippen LogP contribution >= 0.6 is 0 Å². The molecule has 116 valence electrons. The molecule has 0 saturated carbocycles. The van der Waals surface area contributed by atoms with Crippen LogP contribution in [0.3, 0.4) is 0 Å². The summed E-state index contributed by atoms with van der Waals surface area (Å²) in [5.74, 6) is 0.224. The third-order valence-corrected chi connectivity index (χ3v) is 3.86. The Labute approximate surface area is 122 Å². The summed E-state index contributed by atoms with van der Waals surface area (Å²) >= 11 is 0. The first-order chi connectivity index (χ1) is 9.67. The maximum Gasteiger partial charge on any atom is 0.234 e. The molecule has 1 saturated heterocycles. The zero-order valence-corrected chi connectivity index (χ0v) is 12.9. The number of hydrogen-bond donors (Lipinski definition) is 2. The Morgan fingerprint density at radius 1 is 1.10 bits per heavy atom. The van der Waals surface area contributed by atoms with E-state index in [1.807, 2.05) is 4.90 Å². The lowest BCUT2D eigenvalue weighted by molar-refractivity contribution is -0.132. The second-order valence-electron chi connectivity index (χ2n) is 5.45. The van der Waals surface area contributed by atoms with Crippen LogP contribution in [0.4, 0.5) is 0 Å². The van der Waals surface area contributed by atoms with Crippen molar-refractivity contribution >= 4 is 11.8 Å². The SMILES string of the molecule is CCC(CC)NC(=O)CNCCC(=O)N1CCCCC1. The highest BCUT2D eigenvalue weighted by Gasteiger charge is 2.15. The van der Waals surface area contributed by atoms with Crippen molar-refractivity contribution in [2.24, 2.45) is 0 Å². The van der Waals surface area contributed by atoms with Gasteiger partial charge in [0.25, 0.3) is 0 Å². The van der Waals surface area contributed by atoms with E-state index in [-0.39, 0.29) is 17.9 Å². The minimum absolute atomic E-state index is 0.0177. The van der Waals surface area contributed by atoms with E-state index in [4.69, 9.17) is 0 Å². The third-order valence-electron chi connectivity index (χ3n) is 3.86. The van der Waals surface area contributed by atoms with Gasteiger partial charge in [-0.3, -0.25) is 9.59 Å². The number of piperidine rings is 1. The van der Waals surface area contributed by atoms with Gasteiger partial charge in [-0.05, 0) is 32.1 Å². The van der Waals surface area contributed by atoms with Gasteiger partial charge in [-0.15, -0.1) is 0 Å². The van der Waals surface area contributed by atoms with Crippen molar-refractivity contribution in [3.05, 3.63) is 0 Å². The molecular weight excluding hydrogens is 254 g/mol. The van der Waals surface area contributed by atoms with E-state index in [9.17, 15) is 9.59 Å². The molecule has 20 heavy (non-hydrogen) atoms. The normalized spacial score (nSPS) is 15.4. The van der Waals surface area contributed by atoms with Crippen molar-refractivity contribution < 1.29 is 9.59 Å². The molecule has 0 aromatic carbocycles. The van der Waals surface area contributed by atoms with E-state index in [2.05, 4.69) is 24.5 Å². The average Bonchev–Trinajstić information content (AvgIpc) is 2.49. The lowest BCUT2D eigenvalue weighted by Gasteiger charge is -2.26. The Morgan fingerprint density at radius 3 is 2.35 bits per heavy atom. The number of carbonyl (C=O) groups excluding carboxylic acids is 2. The molecule has 5 nitrogen and oxygen atoms in total. The molecule has 1 rings (SSSR count). The predicted molar refractivity (Wildman–Crippen MR) is 80.4 cm³/mol. The molecule has 2 N–H and O–H groups in total. The van der Waals surface area contributed by atoms with E-state index < -0.39 is 0 Å². The summed E-state index contributed by atoms with van der Waals surface area (Å²) in [6, 6.07) is 0.263. The molecule has 0 bridgehead atoms.